The van der Waals surface area contributed by atoms with Gasteiger partial charge in [0.25, 0.3) is 0 Å². The first-order chi connectivity index (χ1) is 16.0. The van der Waals surface area contributed by atoms with Crippen molar-refractivity contribution in [1.82, 2.24) is 0 Å². The molecule has 0 bridgehead atoms. The van der Waals surface area contributed by atoms with Gasteiger partial charge in [-0.05, 0) is 0 Å². The van der Waals surface area contributed by atoms with Gasteiger partial charge in [0.1, 0.15) is 73.8 Å². The molecule has 0 spiro atoms. The van der Waals surface area contributed by atoms with Gasteiger partial charge < -0.3 is 79.9 Å². The van der Waals surface area contributed by atoms with Gasteiger partial charge in [-0.25, -0.2) is 0 Å². The maximum Gasteiger partial charge on any atom is 0.224 e. The predicted molar refractivity (Wildman–Crippen MR) is 101 cm³/mol. The molecule has 3 aliphatic heterocycles. The van der Waals surface area contributed by atoms with Gasteiger partial charge in [0, 0.05) is 0 Å². The van der Waals surface area contributed by atoms with Crippen LogP contribution in [0.25, 0.3) is 0 Å². The molecule has 0 aromatic heterocycles. The molecule has 0 radical (unpaired) electrons. The van der Waals surface area contributed by atoms with E-state index in [-0.39, 0.29) is 0 Å². The molecular formula is C18H32O16. The van der Waals surface area contributed by atoms with Crippen molar-refractivity contribution < 1.29 is 79.9 Å². The van der Waals surface area contributed by atoms with E-state index in [9.17, 15) is 56.2 Å². The molecule has 3 saturated heterocycles. The second kappa shape index (κ2) is 11.2. The Labute approximate surface area is 192 Å². The minimum atomic E-state index is -2.36. The molecule has 3 fully saturated rings. The van der Waals surface area contributed by atoms with Crippen molar-refractivity contribution >= 4 is 0 Å². The fourth-order valence-electron chi connectivity index (χ4n) is 4.12. The Balaban J connectivity index is 1.74. The van der Waals surface area contributed by atoms with Gasteiger partial charge in [-0.1, -0.05) is 0 Å². The first-order valence-corrected chi connectivity index (χ1v) is 10.6. The summed E-state index contributed by atoms with van der Waals surface area (Å²) in [6, 6.07) is 0. The summed E-state index contributed by atoms with van der Waals surface area (Å²) in [6.45, 7) is -3.39. The Bertz CT molecular complexity index is 651. The van der Waals surface area contributed by atoms with Gasteiger partial charge in [-0.15, -0.1) is 0 Å². The van der Waals surface area contributed by atoms with E-state index in [1.807, 2.05) is 0 Å². The maximum absolute atomic E-state index is 10.6. The summed E-state index contributed by atoms with van der Waals surface area (Å²) in [5.74, 6) is -2.36. The Hall–Kier alpha value is -0.640. The van der Waals surface area contributed by atoms with Crippen molar-refractivity contribution in [3.63, 3.8) is 0 Å². The van der Waals surface area contributed by atoms with Gasteiger partial charge in [0.15, 0.2) is 12.6 Å². The van der Waals surface area contributed by atoms with E-state index >= 15 is 0 Å². The van der Waals surface area contributed by atoms with Gasteiger partial charge in [0.2, 0.25) is 5.79 Å². The van der Waals surface area contributed by atoms with Crippen molar-refractivity contribution in [3.05, 3.63) is 0 Å². The van der Waals surface area contributed by atoms with Crippen molar-refractivity contribution in [2.45, 2.75) is 85.5 Å². The number of aliphatic hydroxyl groups excluding tert-OH is 11. The molecule has 3 aliphatic rings. The van der Waals surface area contributed by atoms with E-state index < -0.39 is 112 Å². The Morgan fingerprint density at radius 2 is 1.15 bits per heavy atom. The number of ether oxygens (including phenoxy) is 5. The zero-order chi connectivity index (χ0) is 25.4. The van der Waals surface area contributed by atoms with Gasteiger partial charge in [-0.2, -0.15) is 0 Å². The topological polar surface area (TPSA) is 269 Å². The lowest BCUT2D eigenvalue weighted by atomic mass is 9.97. The average Bonchev–Trinajstić information content (AvgIpc) is 3.08. The monoisotopic (exact) mass is 504 g/mol. The molecule has 16 heteroatoms. The predicted octanol–water partition coefficient (Wildman–Crippen LogP) is -7.57. The molecular weight excluding hydrogens is 472 g/mol. The van der Waals surface area contributed by atoms with Crippen LogP contribution in [0.15, 0.2) is 0 Å². The van der Waals surface area contributed by atoms with Crippen LogP contribution < -0.4 is 0 Å². The summed E-state index contributed by atoms with van der Waals surface area (Å²) in [7, 11) is 0. The highest BCUT2D eigenvalue weighted by Crippen LogP contribution is 2.37. The van der Waals surface area contributed by atoms with Crippen molar-refractivity contribution in [3.8, 4) is 0 Å². The summed E-state index contributed by atoms with van der Waals surface area (Å²) >= 11 is 0. The SMILES string of the molecule is OC[C@H]1O[C@@H](O[C@H]2[C@H](O)[C@@H](O)[C@@H](O[C@]3(CO)O[C@H](CO)[C@@H](O)[C@@H]3O)O[C@@H]2CO)[C@H](O)[C@@H](O)[C@H]1O. The molecule has 3 heterocycles. The molecule has 0 aliphatic carbocycles. The molecule has 3 rings (SSSR count). The Kier molecular flexibility index (Phi) is 9.18. The molecule has 200 valence electrons. The number of aliphatic hydroxyl groups is 11. The second-order valence-electron chi connectivity index (χ2n) is 8.37. The lowest BCUT2D eigenvalue weighted by molar-refractivity contribution is -0.398. The molecule has 0 amide bonds. The molecule has 0 aromatic rings. The zero-order valence-corrected chi connectivity index (χ0v) is 17.8. The van der Waals surface area contributed by atoms with E-state index in [1.54, 1.807) is 0 Å². The fourth-order valence-corrected chi connectivity index (χ4v) is 4.12. The Morgan fingerprint density at radius 3 is 1.68 bits per heavy atom. The van der Waals surface area contributed by atoms with Crippen LogP contribution in [-0.4, -0.2) is 168 Å². The first-order valence-electron chi connectivity index (χ1n) is 10.6. The van der Waals surface area contributed by atoms with Gasteiger partial charge >= 0.3 is 0 Å². The van der Waals surface area contributed by atoms with Crippen LogP contribution in [0.2, 0.25) is 0 Å². The lowest BCUT2D eigenvalue weighted by Crippen LogP contribution is -2.66. The molecule has 0 aromatic carbocycles. The summed E-state index contributed by atoms with van der Waals surface area (Å²) in [5.41, 5.74) is 0. The van der Waals surface area contributed by atoms with Crippen LogP contribution in [0.5, 0.6) is 0 Å². The molecule has 0 unspecified atom stereocenters. The highest BCUT2D eigenvalue weighted by Gasteiger charge is 2.59. The fraction of sp³-hybridized carbons (Fsp3) is 1.00. The van der Waals surface area contributed by atoms with E-state index in [0.29, 0.717) is 0 Å². The summed E-state index contributed by atoms with van der Waals surface area (Å²) in [5, 5.41) is 109. The van der Waals surface area contributed by atoms with Gasteiger partial charge in [-0.3, -0.25) is 0 Å². The quantitative estimate of drug-likeness (QED) is 0.146. The second-order valence-corrected chi connectivity index (χ2v) is 8.37. The van der Waals surface area contributed by atoms with Gasteiger partial charge in [0.05, 0.1) is 19.8 Å². The van der Waals surface area contributed by atoms with Crippen LogP contribution >= 0.6 is 0 Å². The smallest absolute Gasteiger partial charge is 0.224 e. The highest BCUT2D eigenvalue weighted by molar-refractivity contribution is 4.99. The third-order valence-corrected chi connectivity index (χ3v) is 6.18. The third-order valence-electron chi connectivity index (χ3n) is 6.18. The zero-order valence-electron chi connectivity index (χ0n) is 17.8. The summed E-state index contributed by atoms with van der Waals surface area (Å²) in [6.07, 6.45) is -22.0. The van der Waals surface area contributed by atoms with E-state index in [0.717, 1.165) is 0 Å². The lowest BCUT2D eigenvalue weighted by Gasteiger charge is -2.47. The normalized spacial score (nSPS) is 52.1. The molecule has 11 N–H and O–H groups in total. The molecule has 0 saturated carbocycles. The highest BCUT2D eigenvalue weighted by atomic mass is 16.8. The molecule has 34 heavy (non-hydrogen) atoms. The van der Waals surface area contributed by atoms with E-state index in [4.69, 9.17) is 23.7 Å². The Morgan fingerprint density at radius 1 is 0.588 bits per heavy atom. The van der Waals surface area contributed by atoms with E-state index in [2.05, 4.69) is 0 Å². The van der Waals surface area contributed by atoms with Crippen molar-refractivity contribution in [2.24, 2.45) is 0 Å². The standard InChI is InChI=1S/C18H32O16/c19-1-5-8(23)10(25)12(27)16(30-5)32-14-7(3-21)31-17(13(28)11(14)26)34-18(4-22)15(29)9(24)6(2-20)33-18/h5-17,19-29H,1-4H2/t5-,6-,7-,8+,9-,10+,11-,12-,13-,14-,15+,16+,17-,18+/m1/s1. The van der Waals surface area contributed by atoms with Crippen LogP contribution in [0.3, 0.4) is 0 Å². The third kappa shape index (κ3) is 4.96. The van der Waals surface area contributed by atoms with E-state index in [1.165, 1.54) is 0 Å². The van der Waals surface area contributed by atoms with Crippen LogP contribution in [0.1, 0.15) is 0 Å². The number of rotatable bonds is 8. The number of hydrogen-bond acceptors (Lipinski definition) is 16. The number of hydrogen-bond donors (Lipinski definition) is 11. The summed E-state index contributed by atoms with van der Waals surface area (Å²) < 4.78 is 26.6. The van der Waals surface area contributed by atoms with Crippen LogP contribution in [0, 0.1) is 0 Å². The van der Waals surface area contributed by atoms with Crippen molar-refractivity contribution in [2.75, 3.05) is 26.4 Å². The molecule has 14 atom stereocenters. The summed E-state index contributed by atoms with van der Waals surface area (Å²) in [4.78, 5) is 0. The first kappa shape index (κ1) is 27.9. The minimum absolute atomic E-state index is 0.742. The van der Waals surface area contributed by atoms with Crippen LogP contribution in [0.4, 0.5) is 0 Å². The largest absolute Gasteiger partial charge is 0.394 e. The maximum atomic E-state index is 10.6. The molecule has 16 nitrogen and oxygen atoms in total. The minimum Gasteiger partial charge on any atom is -0.394 e. The van der Waals surface area contributed by atoms with Crippen LogP contribution in [-0.2, 0) is 23.7 Å². The van der Waals surface area contributed by atoms with Crippen molar-refractivity contribution in [1.29, 1.82) is 0 Å². The average molecular weight is 504 g/mol.